The topological polar surface area (TPSA) is 3.24 Å². The Hall–Kier alpha value is -7.26. The van der Waals surface area contributed by atoms with Gasteiger partial charge in [-0.1, -0.05) is 196 Å². The molecule has 0 unspecified atom stereocenters. The Morgan fingerprint density at radius 2 is 0.887 bits per heavy atom. The first kappa shape index (κ1) is 36.6. The third-order valence-corrected chi connectivity index (χ3v) is 14.8. The molecule has 0 saturated carbocycles. The van der Waals surface area contributed by atoms with Gasteiger partial charge in [0, 0.05) is 32.1 Å². The van der Waals surface area contributed by atoms with Crippen molar-refractivity contribution in [3.8, 4) is 43.8 Å². The molecule has 2 aliphatic rings. The van der Waals surface area contributed by atoms with Gasteiger partial charge in [0.2, 0.25) is 0 Å². The van der Waals surface area contributed by atoms with Crippen LogP contribution in [0.5, 0.6) is 0 Å². The van der Waals surface area contributed by atoms with Crippen LogP contribution < -0.4 is 4.90 Å². The number of fused-ring (bicyclic) bond motifs is 8. The maximum absolute atomic E-state index is 2.40. The molecule has 12 rings (SSSR count). The summed E-state index contributed by atoms with van der Waals surface area (Å²) in [5, 5.41) is 1.33. The molecule has 0 amide bonds. The molecule has 1 aromatic heterocycles. The first-order valence-electron chi connectivity index (χ1n) is 21.6. The van der Waals surface area contributed by atoms with E-state index < -0.39 is 5.41 Å². The number of thiophene rings is 1. The lowest BCUT2D eigenvalue weighted by atomic mass is 9.65. The van der Waals surface area contributed by atoms with E-state index in [1.54, 1.807) is 0 Å². The number of para-hydroxylation sites is 1. The van der Waals surface area contributed by atoms with Gasteiger partial charge in [0.05, 0.1) is 5.41 Å². The Kier molecular flexibility index (Phi) is 8.36. The number of benzene rings is 9. The van der Waals surface area contributed by atoms with Gasteiger partial charge in [0.15, 0.2) is 0 Å². The van der Waals surface area contributed by atoms with E-state index in [9.17, 15) is 0 Å². The number of nitrogens with zero attached hydrogens (tertiary/aromatic N) is 1. The Morgan fingerprint density at radius 3 is 1.60 bits per heavy atom. The molecule has 0 bridgehead atoms. The second kappa shape index (κ2) is 14.2. The third-order valence-electron chi connectivity index (χ3n) is 13.6. The standard InChI is InChI=1S/C60H43NS/c1-59(2)53-27-14-12-23-49(53)50-38-37-47(39-54(50)59)61(45-21-10-5-11-22-45)46-35-33-41(34-36-46)40-29-31-42(32-30-40)48-25-16-26-52-56(48)60(43-17-6-3-7-18-43,44-19-8-4-9-20-44)57-51-24-13-15-28-55(51)62-58(52)57/h3-39H,1-2H3. The van der Waals surface area contributed by atoms with Crippen molar-refractivity contribution in [3.05, 3.63) is 258 Å². The minimum atomic E-state index is -0.485. The number of hydrogen-bond acceptors (Lipinski definition) is 2. The van der Waals surface area contributed by atoms with Crippen molar-refractivity contribution in [2.75, 3.05) is 4.90 Å². The lowest BCUT2D eigenvalue weighted by Gasteiger charge is -2.35. The second-order valence-corrected chi connectivity index (χ2v) is 18.3. The Morgan fingerprint density at radius 1 is 0.371 bits per heavy atom. The summed E-state index contributed by atoms with van der Waals surface area (Å²) < 4.78 is 1.33. The summed E-state index contributed by atoms with van der Waals surface area (Å²) in [5.74, 6) is 0. The highest BCUT2D eigenvalue weighted by molar-refractivity contribution is 7.22. The quantitative estimate of drug-likeness (QED) is 0.155. The predicted octanol–water partition coefficient (Wildman–Crippen LogP) is 16.4. The Bertz CT molecular complexity index is 3250. The monoisotopic (exact) mass is 809 g/mol. The van der Waals surface area contributed by atoms with E-state index in [0.717, 1.165) is 17.1 Å². The summed E-state index contributed by atoms with van der Waals surface area (Å²) in [6.45, 7) is 4.70. The van der Waals surface area contributed by atoms with E-state index in [-0.39, 0.29) is 5.41 Å². The van der Waals surface area contributed by atoms with Crippen LogP contribution in [0.15, 0.2) is 224 Å². The molecule has 10 aromatic rings. The van der Waals surface area contributed by atoms with Gasteiger partial charge in [-0.2, -0.15) is 0 Å². The summed E-state index contributed by atoms with van der Waals surface area (Å²) in [7, 11) is 0. The summed E-state index contributed by atoms with van der Waals surface area (Å²) in [5.41, 5.74) is 19.8. The fourth-order valence-corrected chi connectivity index (χ4v) is 12.0. The first-order chi connectivity index (χ1) is 30.5. The summed E-state index contributed by atoms with van der Waals surface area (Å²) >= 11 is 1.92. The van der Waals surface area contributed by atoms with Crippen molar-refractivity contribution in [3.63, 3.8) is 0 Å². The van der Waals surface area contributed by atoms with Gasteiger partial charge in [0.25, 0.3) is 0 Å². The van der Waals surface area contributed by atoms with Crippen LogP contribution in [-0.2, 0) is 10.8 Å². The fraction of sp³-hybridized carbons (Fsp3) is 0.0667. The Balaban J connectivity index is 0.942. The third kappa shape index (κ3) is 5.40. The zero-order valence-electron chi connectivity index (χ0n) is 34.7. The maximum atomic E-state index is 2.40. The van der Waals surface area contributed by atoms with E-state index >= 15 is 0 Å². The molecule has 9 aromatic carbocycles. The molecule has 0 spiro atoms. The molecular formula is C60H43NS. The smallest absolute Gasteiger partial charge is 0.0734 e. The highest BCUT2D eigenvalue weighted by atomic mass is 32.1. The molecule has 62 heavy (non-hydrogen) atoms. The van der Waals surface area contributed by atoms with E-state index in [0.29, 0.717) is 0 Å². The van der Waals surface area contributed by atoms with Gasteiger partial charge in [-0.25, -0.2) is 0 Å². The zero-order valence-corrected chi connectivity index (χ0v) is 35.5. The molecule has 1 nitrogen and oxygen atoms in total. The van der Waals surface area contributed by atoms with Crippen molar-refractivity contribution in [2.24, 2.45) is 0 Å². The minimum absolute atomic E-state index is 0.0777. The second-order valence-electron chi connectivity index (χ2n) is 17.2. The molecular weight excluding hydrogens is 767 g/mol. The van der Waals surface area contributed by atoms with E-state index in [2.05, 4.69) is 243 Å². The molecule has 0 N–H and O–H groups in total. The van der Waals surface area contributed by atoms with Crippen LogP contribution >= 0.6 is 11.3 Å². The highest BCUT2D eigenvalue weighted by Gasteiger charge is 2.49. The fourth-order valence-electron chi connectivity index (χ4n) is 10.7. The highest BCUT2D eigenvalue weighted by Crippen LogP contribution is 2.63. The lowest BCUT2D eigenvalue weighted by Crippen LogP contribution is -2.29. The number of rotatable bonds is 7. The van der Waals surface area contributed by atoms with E-state index in [4.69, 9.17) is 0 Å². The average Bonchev–Trinajstić information content (AvgIpc) is 3.94. The molecule has 0 aliphatic heterocycles. The van der Waals surface area contributed by atoms with Crippen molar-refractivity contribution >= 4 is 38.5 Å². The summed E-state index contributed by atoms with van der Waals surface area (Å²) in [6, 6.07) is 83.1. The van der Waals surface area contributed by atoms with Crippen LogP contribution in [0.1, 0.15) is 47.2 Å². The van der Waals surface area contributed by atoms with Gasteiger partial charge in [-0.05, 0) is 120 Å². The van der Waals surface area contributed by atoms with E-state index in [1.807, 2.05) is 11.3 Å². The molecule has 1 heterocycles. The minimum Gasteiger partial charge on any atom is -0.310 e. The van der Waals surface area contributed by atoms with Crippen LogP contribution in [-0.4, -0.2) is 0 Å². The van der Waals surface area contributed by atoms with Crippen molar-refractivity contribution < 1.29 is 0 Å². The number of anilines is 3. The first-order valence-corrected chi connectivity index (χ1v) is 22.4. The largest absolute Gasteiger partial charge is 0.310 e. The summed E-state index contributed by atoms with van der Waals surface area (Å²) in [6.07, 6.45) is 0. The van der Waals surface area contributed by atoms with Crippen LogP contribution in [0.25, 0.3) is 53.9 Å². The predicted molar refractivity (Wildman–Crippen MR) is 262 cm³/mol. The molecule has 0 atom stereocenters. The van der Waals surface area contributed by atoms with Gasteiger partial charge in [0.1, 0.15) is 0 Å². The average molecular weight is 810 g/mol. The molecule has 294 valence electrons. The van der Waals surface area contributed by atoms with Crippen LogP contribution in [0.4, 0.5) is 17.1 Å². The summed E-state index contributed by atoms with van der Waals surface area (Å²) in [4.78, 5) is 3.75. The zero-order chi connectivity index (χ0) is 41.4. The number of hydrogen-bond donors (Lipinski definition) is 0. The van der Waals surface area contributed by atoms with Crippen molar-refractivity contribution in [1.29, 1.82) is 0 Å². The Labute approximate surface area is 367 Å². The van der Waals surface area contributed by atoms with E-state index in [1.165, 1.54) is 87.3 Å². The SMILES string of the molecule is CC1(C)c2ccccc2-c2ccc(N(c3ccccc3)c3ccc(-c4ccc(-c5cccc6c5C(c5ccccc5)(c5ccccc5)c5c-6sc6ccccc56)cc4)cc3)cc21. The van der Waals surface area contributed by atoms with Crippen LogP contribution in [0.3, 0.4) is 0 Å². The van der Waals surface area contributed by atoms with Crippen LogP contribution in [0.2, 0.25) is 0 Å². The van der Waals surface area contributed by atoms with Gasteiger partial charge >= 0.3 is 0 Å². The normalized spacial score (nSPS) is 13.9. The molecule has 0 fully saturated rings. The van der Waals surface area contributed by atoms with Gasteiger partial charge in [-0.3, -0.25) is 0 Å². The van der Waals surface area contributed by atoms with Crippen molar-refractivity contribution in [2.45, 2.75) is 24.7 Å². The maximum Gasteiger partial charge on any atom is 0.0734 e. The molecule has 2 heteroatoms. The van der Waals surface area contributed by atoms with Crippen molar-refractivity contribution in [1.82, 2.24) is 0 Å². The van der Waals surface area contributed by atoms with Crippen LogP contribution in [0, 0.1) is 0 Å². The molecule has 2 aliphatic carbocycles. The molecule has 0 saturated heterocycles. The molecule has 0 radical (unpaired) electrons. The lowest BCUT2D eigenvalue weighted by molar-refractivity contribution is 0.660. The van der Waals surface area contributed by atoms with Gasteiger partial charge < -0.3 is 4.90 Å². The van der Waals surface area contributed by atoms with Gasteiger partial charge in [-0.15, -0.1) is 11.3 Å².